The van der Waals surface area contributed by atoms with Gasteiger partial charge in [-0.05, 0) is 48.9 Å². The summed E-state index contributed by atoms with van der Waals surface area (Å²) in [5.41, 5.74) is 0.885. The Bertz CT molecular complexity index is 2280. The summed E-state index contributed by atoms with van der Waals surface area (Å²) in [6, 6.07) is 13.0. The molecule has 4 heterocycles. The lowest BCUT2D eigenvalue weighted by Crippen LogP contribution is -2.36. The van der Waals surface area contributed by atoms with E-state index in [1.807, 2.05) is 4.90 Å². The van der Waals surface area contributed by atoms with E-state index in [-0.39, 0.29) is 39.8 Å². The molecule has 0 spiro atoms. The number of halogens is 3. The van der Waals surface area contributed by atoms with Crippen molar-refractivity contribution in [3.63, 3.8) is 0 Å². The third-order valence-electron chi connectivity index (χ3n) is 8.58. The molecule has 1 N–H and O–H groups in total. The summed E-state index contributed by atoms with van der Waals surface area (Å²) < 4.78 is 57.9. The van der Waals surface area contributed by atoms with Crippen molar-refractivity contribution in [3.8, 4) is 22.4 Å². The first kappa shape index (κ1) is 32.0. The summed E-state index contributed by atoms with van der Waals surface area (Å²) in [6.07, 6.45) is 1.40. The van der Waals surface area contributed by atoms with Crippen molar-refractivity contribution in [2.24, 2.45) is 5.92 Å². The average Bonchev–Trinajstić information content (AvgIpc) is 3.49. The fourth-order valence-corrected chi connectivity index (χ4v) is 6.00. The van der Waals surface area contributed by atoms with Gasteiger partial charge in [0.15, 0.2) is 5.65 Å². The summed E-state index contributed by atoms with van der Waals surface area (Å²) >= 11 is 0. The Labute approximate surface area is 278 Å². The van der Waals surface area contributed by atoms with Crippen LogP contribution >= 0.6 is 0 Å². The molecule has 1 aliphatic heterocycles. The zero-order chi connectivity index (χ0) is 34.4. The van der Waals surface area contributed by atoms with Gasteiger partial charge in [0.25, 0.3) is 0 Å². The van der Waals surface area contributed by atoms with Crippen LogP contribution in [0.15, 0.2) is 76.2 Å². The number of ether oxygens (including phenoxy) is 1. The molecular weight excluding hydrogens is 637 g/mol. The number of morpholine rings is 1. The minimum absolute atomic E-state index is 0.0262. The van der Waals surface area contributed by atoms with E-state index in [0.29, 0.717) is 60.0 Å². The number of nitrogens with zero attached hydrogens (tertiary/aromatic N) is 5. The summed E-state index contributed by atoms with van der Waals surface area (Å²) in [4.78, 5) is 37.5. The third-order valence-corrected chi connectivity index (χ3v) is 8.58. The smallest absolute Gasteiger partial charge is 0.227 e. The highest BCUT2D eigenvalue weighted by Gasteiger charge is 2.29. The van der Waals surface area contributed by atoms with Gasteiger partial charge in [-0.1, -0.05) is 38.1 Å². The molecule has 0 bridgehead atoms. The van der Waals surface area contributed by atoms with Crippen LogP contribution in [0.1, 0.15) is 32.6 Å². The number of hydrogen-bond acceptors (Lipinski definition) is 8. The topological polar surface area (TPSA) is 115 Å². The van der Waals surface area contributed by atoms with E-state index in [0.717, 1.165) is 0 Å². The number of nitrogens with one attached hydrogen (secondary N) is 1. The van der Waals surface area contributed by atoms with Gasteiger partial charge in [-0.2, -0.15) is 5.10 Å². The Morgan fingerprint density at radius 2 is 1.63 bits per heavy atom. The van der Waals surface area contributed by atoms with E-state index in [1.54, 1.807) is 31.5 Å². The van der Waals surface area contributed by atoms with Gasteiger partial charge >= 0.3 is 0 Å². The first-order chi connectivity index (χ1) is 23.6. The molecule has 0 aliphatic carbocycles. The zero-order valence-corrected chi connectivity index (χ0v) is 26.8. The van der Waals surface area contributed by atoms with Crippen molar-refractivity contribution >= 4 is 39.4 Å². The molecule has 1 unspecified atom stereocenters. The molecule has 0 radical (unpaired) electrons. The lowest BCUT2D eigenvalue weighted by Gasteiger charge is -2.28. The molecular formula is C36H31F3N6O4. The predicted molar refractivity (Wildman–Crippen MR) is 179 cm³/mol. The lowest BCUT2D eigenvalue weighted by atomic mass is 9.99. The van der Waals surface area contributed by atoms with Crippen molar-refractivity contribution in [2.45, 2.75) is 26.8 Å². The van der Waals surface area contributed by atoms with Crippen LogP contribution in [0.3, 0.4) is 0 Å². The molecule has 6 aromatic rings. The van der Waals surface area contributed by atoms with Crippen molar-refractivity contribution in [1.82, 2.24) is 19.7 Å². The monoisotopic (exact) mass is 668 g/mol. The Balaban J connectivity index is 1.46. The molecule has 1 atom stereocenters. The van der Waals surface area contributed by atoms with Crippen LogP contribution in [0.4, 0.5) is 24.7 Å². The number of benzene rings is 3. The minimum atomic E-state index is -0.835. The summed E-state index contributed by atoms with van der Waals surface area (Å²) in [5, 5.41) is 7.82. The highest BCUT2D eigenvalue weighted by molar-refractivity contribution is 6.00. The van der Waals surface area contributed by atoms with Crippen molar-refractivity contribution in [2.75, 3.05) is 36.5 Å². The minimum Gasteiger partial charge on any atom is -0.458 e. The van der Waals surface area contributed by atoms with Crippen molar-refractivity contribution < 1.29 is 27.1 Å². The lowest BCUT2D eigenvalue weighted by molar-refractivity contribution is -0.118. The molecule has 0 saturated carbocycles. The maximum Gasteiger partial charge on any atom is 0.227 e. The first-order valence-corrected chi connectivity index (χ1v) is 15.8. The van der Waals surface area contributed by atoms with Crippen LogP contribution in [0.5, 0.6) is 0 Å². The van der Waals surface area contributed by atoms with E-state index in [2.05, 4.69) is 15.3 Å². The second-order valence-electron chi connectivity index (χ2n) is 12.1. The highest BCUT2D eigenvalue weighted by atomic mass is 19.1. The van der Waals surface area contributed by atoms with Gasteiger partial charge < -0.3 is 19.4 Å². The van der Waals surface area contributed by atoms with E-state index in [1.165, 1.54) is 60.9 Å². The van der Waals surface area contributed by atoms with Gasteiger partial charge in [0.1, 0.15) is 58.1 Å². The molecule has 250 valence electrons. The normalized spacial score (nSPS) is 14.1. The number of rotatable bonds is 7. The number of amides is 1. The van der Waals surface area contributed by atoms with Crippen LogP contribution in [0.2, 0.25) is 0 Å². The van der Waals surface area contributed by atoms with Gasteiger partial charge in [0.05, 0.1) is 29.9 Å². The number of carbonyl (C=O) groups is 1. The summed E-state index contributed by atoms with van der Waals surface area (Å²) in [5.74, 6) is -1.90. The van der Waals surface area contributed by atoms with Gasteiger partial charge in [-0.25, -0.2) is 27.8 Å². The van der Waals surface area contributed by atoms with E-state index in [9.17, 15) is 14.0 Å². The summed E-state index contributed by atoms with van der Waals surface area (Å²) in [6.45, 7) is 7.21. The molecule has 3 aromatic carbocycles. The number of fused-ring (bicyclic) bond motifs is 2. The van der Waals surface area contributed by atoms with Crippen molar-refractivity contribution in [1.29, 1.82) is 0 Å². The standard InChI is InChI=1S/C36H31F3N6O4/c1-19(2)36(47)42-26-12-9-22(17-25(26)39)31-30-34(44-13-15-48-16-14-44)40-18-41-35(30)45(43-31)20(3)33-28(21-7-10-23(37)11-8-21)32(46)29-24(38)5-4-6-27(29)49-33/h4-12,17-20H,13-16H2,1-3H3,(H,42,47). The molecule has 10 nitrogen and oxygen atoms in total. The number of anilines is 2. The Kier molecular flexibility index (Phi) is 8.37. The number of carbonyl (C=O) groups excluding carboxylic acids is 1. The zero-order valence-electron chi connectivity index (χ0n) is 26.8. The van der Waals surface area contributed by atoms with Gasteiger partial charge in [0.2, 0.25) is 11.3 Å². The van der Waals surface area contributed by atoms with Crippen molar-refractivity contribution in [3.05, 3.63) is 100 Å². The molecule has 7 rings (SSSR count). The number of hydrogen-bond donors (Lipinski definition) is 1. The van der Waals surface area contributed by atoms with Crippen LogP contribution < -0.4 is 15.6 Å². The molecule has 1 fully saturated rings. The molecule has 13 heteroatoms. The average molecular weight is 669 g/mol. The molecule has 1 amide bonds. The fourth-order valence-electron chi connectivity index (χ4n) is 6.00. The number of aromatic nitrogens is 4. The molecule has 49 heavy (non-hydrogen) atoms. The van der Waals surface area contributed by atoms with Gasteiger partial charge in [-0.3, -0.25) is 9.59 Å². The van der Waals surface area contributed by atoms with E-state index < -0.39 is 28.9 Å². The predicted octanol–water partition coefficient (Wildman–Crippen LogP) is 6.72. The molecule has 1 saturated heterocycles. The first-order valence-electron chi connectivity index (χ1n) is 15.8. The van der Waals surface area contributed by atoms with Crippen LogP contribution in [0.25, 0.3) is 44.4 Å². The third kappa shape index (κ3) is 5.79. The Morgan fingerprint density at radius 1 is 0.898 bits per heavy atom. The second kappa shape index (κ2) is 12.8. The van der Waals surface area contributed by atoms with Gasteiger partial charge in [-0.15, -0.1) is 0 Å². The van der Waals surface area contributed by atoms with E-state index in [4.69, 9.17) is 14.3 Å². The molecule has 3 aromatic heterocycles. The van der Waals surface area contributed by atoms with Gasteiger partial charge in [0, 0.05) is 24.6 Å². The maximum atomic E-state index is 15.5. The van der Waals surface area contributed by atoms with Crippen LogP contribution in [-0.2, 0) is 9.53 Å². The highest BCUT2D eigenvalue weighted by Crippen LogP contribution is 2.39. The maximum absolute atomic E-state index is 15.5. The Morgan fingerprint density at radius 3 is 2.35 bits per heavy atom. The second-order valence-corrected chi connectivity index (χ2v) is 12.1. The summed E-state index contributed by atoms with van der Waals surface area (Å²) in [7, 11) is 0. The molecule has 1 aliphatic rings. The van der Waals surface area contributed by atoms with Crippen LogP contribution in [0, 0.1) is 23.4 Å². The van der Waals surface area contributed by atoms with Crippen LogP contribution in [-0.4, -0.2) is 52.0 Å². The van der Waals surface area contributed by atoms with E-state index >= 15 is 8.78 Å². The SMILES string of the molecule is CC(C)C(=O)Nc1ccc(-c2nn(C(C)c3oc4cccc(F)c4c(=O)c3-c3ccc(F)cc3)c3ncnc(N4CCOCC4)c23)cc1F. The fraction of sp³-hybridized carbons (Fsp3) is 0.250. The Hall–Kier alpha value is -5.56. The largest absolute Gasteiger partial charge is 0.458 e. The quantitative estimate of drug-likeness (QED) is 0.199.